The maximum atomic E-state index is 11.4. The van der Waals surface area contributed by atoms with Crippen LogP contribution in [0.2, 0.25) is 0 Å². The monoisotopic (exact) mass is 324 g/mol. The summed E-state index contributed by atoms with van der Waals surface area (Å²) in [5, 5.41) is -0.674. The number of aromatic nitrogens is 2. The van der Waals surface area contributed by atoms with Gasteiger partial charge in [0.15, 0.2) is 9.84 Å². The Balaban J connectivity index is 3.38. The average Bonchev–Trinajstić information content (AvgIpc) is 2.19. The predicted molar refractivity (Wildman–Crippen MR) is 69.8 cm³/mol. The molecule has 16 heavy (non-hydrogen) atoms. The predicted octanol–water partition coefficient (Wildman–Crippen LogP) is 2.57. The summed E-state index contributed by atoms with van der Waals surface area (Å²) in [4.78, 5) is 7.09. The van der Waals surface area contributed by atoms with Gasteiger partial charge >= 0.3 is 0 Å². The van der Waals surface area contributed by atoms with Crippen LogP contribution in [0.25, 0.3) is 0 Å². The molecule has 1 aromatic rings. The van der Waals surface area contributed by atoms with E-state index in [1.54, 1.807) is 6.92 Å². The molecule has 0 aliphatic heterocycles. The lowest BCUT2D eigenvalue weighted by molar-refractivity contribution is 0.588. The molecule has 1 N–H and O–H groups in total. The van der Waals surface area contributed by atoms with Crippen LogP contribution in [0.5, 0.6) is 0 Å². The number of nitrogens with one attached hydrogen (secondary N) is 1. The first-order valence-electron chi connectivity index (χ1n) is 4.74. The lowest BCUT2D eigenvalue weighted by Gasteiger charge is -2.11. The van der Waals surface area contributed by atoms with Crippen LogP contribution in [-0.2, 0) is 16.3 Å². The van der Waals surface area contributed by atoms with Crippen LogP contribution in [0.15, 0.2) is 4.47 Å². The molecule has 1 heterocycles. The highest BCUT2D eigenvalue weighted by atomic mass is 79.9. The molecule has 7 heteroatoms. The van der Waals surface area contributed by atoms with Crippen molar-refractivity contribution in [3.63, 3.8) is 0 Å². The van der Waals surface area contributed by atoms with Crippen molar-refractivity contribution < 1.29 is 8.42 Å². The summed E-state index contributed by atoms with van der Waals surface area (Å²) >= 11 is 8.39. The Morgan fingerprint density at radius 1 is 1.56 bits per heavy atom. The Labute approximate surface area is 109 Å². The molecule has 0 saturated heterocycles. The van der Waals surface area contributed by atoms with Gasteiger partial charge in [0.1, 0.15) is 15.7 Å². The molecule has 0 amide bonds. The number of hydrogen-bond donors (Lipinski definition) is 1. The van der Waals surface area contributed by atoms with Crippen molar-refractivity contribution in [1.82, 2.24) is 9.97 Å². The molecule has 0 radical (unpaired) electrons. The maximum Gasteiger partial charge on any atom is 0.157 e. The normalized spacial score (nSPS) is 13.8. The van der Waals surface area contributed by atoms with Crippen LogP contribution in [-0.4, -0.2) is 24.6 Å². The van der Waals surface area contributed by atoms with E-state index in [1.807, 2.05) is 6.92 Å². The van der Waals surface area contributed by atoms with Gasteiger partial charge in [0.25, 0.3) is 0 Å². The smallest absolute Gasteiger partial charge is 0.157 e. The van der Waals surface area contributed by atoms with Crippen LogP contribution in [0, 0.1) is 4.64 Å². The zero-order chi connectivity index (χ0) is 12.5. The molecule has 90 valence electrons. The summed E-state index contributed by atoms with van der Waals surface area (Å²) < 4.78 is 24.0. The molecule has 4 nitrogen and oxygen atoms in total. The summed E-state index contributed by atoms with van der Waals surface area (Å²) in [7, 11) is -3.17. The van der Waals surface area contributed by atoms with Gasteiger partial charge in [-0.1, -0.05) is 19.1 Å². The van der Waals surface area contributed by atoms with E-state index in [0.29, 0.717) is 10.5 Å². The molecule has 0 aliphatic rings. The number of H-pyrrole nitrogens is 1. The lowest BCUT2D eigenvalue weighted by Crippen LogP contribution is -2.13. The summed E-state index contributed by atoms with van der Waals surface area (Å²) in [6.07, 6.45) is 1.92. The molecular formula is C9H13BrN2O2S2. The summed E-state index contributed by atoms with van der Waals surface area (Å²) in [5.41, 5.74) is 0.866. The number of aromatic amines is 1. The first-order valence-corrected chi connectivity index (χ1v) is 7.90. The maximum absolute atomic E-state index is 11.4. The second-order valence-electron chi connectivity index (χ2n) is 3.55. The lowest BCUT2D eigenvalue weighted by atomic mass is 10.3. The van der Waals surface area contributed by atoms with E-state index in [-0.39, 0.29) is 0 Å². The zero-order valence-corrected chi connectivity index (χ0v) is 12.5. The van der Waals surface area contributed by atoms with Gasteiger partial charge in [-0.3, -0.25) is 0 Å². The fraction of sp³-hybridized carbons (Fsp3) is 0.556. The minimum atomic E-state index is -3.17. The van der Waals surface area contributed by atoms with E-state index < -0.39 is 15.1 Å². The minimum Gasteiger partial charge on any atom is -0.345 e. The summed E-state index contributed by atoms with van der Waals surface area (Å²) in [6.45, 7) is 3.55. The molecular weight excluding hydrogens is 312 g/mol. The second-order valence-corrected chi connectivity index (χ2v) is 7.09. The topological polar surface area (TPSA) is 62.8 Å². The van der Waals surface area contributed by atoms with Crippen LogP contribution >= 0.6 is 28.1 Å². The third kappa shape index (κ3) is 2.89. The van der Waals surface area contributed by atoms with Gasteiger partial charge in [0.2, 0.25) is 0 Å². The molecule has 0 spiro atoms. The first kappa shape index (κ1) is 13.8. The molecule has 1 unspecified atom stereocenters. The van der Waals surface area contributed by atoms with Crippen molar-refractivity contribution in [2.45, 2.75) is 25.5 Å². The van der Waals surface area contributed by atoms with E-state index in [2.05, 4.69) is 25.9 Å². The number of halogens is 1. The van der Waals surface area contributed by atoms with Gasteiger partial charge in [0.05, 0.1) is 4.47 Å². The van der Waals surface area contributed by atoms with Gasteiger partial charge in [0, 0.05) is 11.9 Å². The Morgan fingerprint density at radius 2 is 2.12 bits per heavy atom. The Bertz CT molecular complexity index is 551. The quantitative estimate of drug-likeness (QED) is 0.868. The zero-order valence-electron chi connectivity index (χ0n) is 9.24. The van der Waals surface area contributed by atoms with Crippen molar-refractivity contribution >= 4 is 38.0 Å². The molecule has 1 aromatic heterocycles. The molecule has 1 rings (SSSR count). The largest absolute Gasteiger partial charge is 0.345 e. The summed E-state index contributed by atoms with van der Waals surface area (Å²) in [5.74, 6) is 0.396. The van der Waals surface area contributed by atoms with E-state index in [9.17, 15) is 8.42 Å². The van der Waals surface area contributed by atoms with Gasteiger partial charge in [-0.15, -0.1) is 0 Å². The number of rotatable bonds is 3. The molecule has 1 atom stereocenters. The standard InChI is InChI=1S/C9H13BrN2O2S2/c1-4-6-7(10)9(15)12-8(11-6)5(2)16(3,13)14/h5H,4H2,1-3H3,(H,11,12,15). The van der Waals surface area contributed by atoms with Gasteiger partial charge in [-0.2, -0.15) is 0 Å². The van der Waals surface area contributed by atoms with E-state index in [0.717, 1.165) is 16.6 Å². The average molecular weight is 325 g/mol. The van der Waals surface area contributed by atoms with Crippen LogP contribution < -0.4 is 0 Å². The fourth-order valence-electron chi connectivity index (χ4n) is 1.16. The summed E-state index contributed by atoms with van der Waals surface area (Å²) in [6, 6.07) is 0. The van der Waals surface area contributed by atoms with Crippen LogP contribution in [0.4, 0.5) is 0 Å². The number of nitrogens with zero attached hydrogens (tertiary/aromatic N) is 1. The first-order chi connectivity index (χ1) is 7.27. The van der Waals surface area contributed by atoms with Crippen LogP contribution in [0.1, 0.15) is 30.6 Å². The van der Waals surface area contributed by atoms with Crippen molar-refractivity contribution in [3.05, 3.63) is 20.6 Å². The Morgan fingerprint density at radius 3 is 2.56 bits per heavy atom. The SMILES string of the molecule is CCc1[nH]c(C(C)S(C)(=O)=O)nc(=S)c1Br. The third-order valence-electron chi connectivity index (χ3n) is 2.33. The third-order valence-corrected chi connectivity index (χ3v) is 5.25. The Hall–Kier alpha value is -0.270. The number of aryl methyl sites for hydroxylation is 1. The fourth-order valence-corrected chi connectivity index (χ4v) is 2.37. The highest BCUT2D eigenvalue weighted by molar-refractivity contribution is 9.10. The van der Waals surface area contributed by atoms with Crippen LogP contribution in [0.3, 0.4) is 0 Å². The van der Waals surface area contributed by atoms with Crippen molar-refractivity contribution in [2.75, 3.05) is 6.26 Å². The van der Waals surface area contributed by atoms with Gasteiger partial charge in [-0.05, 0) is 29.3 Å². The number of sulfone groups is 1. The van der Waals surface area contributed by atoms with Crippen molar-refractivity contribution in [1.29, 1.82) is 0 Å². The van der Waals surface area contributed by atoms with E-state index in [1.165, 1.54) is 6.26 Å². The Kier molecular flexibility index (Phi) is 4.25. The molecule has 0 saturated carbocycles. The molecule has 0 aliphatic carbocycles. The molecule has 0 bridgehead atoms. The van der Waals surface area contributed by atoms with E-state index >= 15 is 0 Å². The number of hydrogen-bond acceptors (Lipinski definition) is 4. The van der Waals surface area contributed by atoms with Crippen molar-refractivity contribution in [2.24, 2.45) is 0 Å². The second kappa shape index (κ2) is 4.93. The van der Waals surface area contributed by atoms with Gasteiger partial charge in [-0.25, -0.2) is 13.4 Å². The highest BCUT2D eigenvalue weighted by Gasteiger charge is 2.20. The molecule has 0 fully saturated rings. The van der Waals surface area contributed by atoms with Crippen molar-refractivity contribution in [3.8, 4) is 0 Å². The van der Waals surface area contributed by atoms with Gasteiger partial charge < -0.3 is 4.98 Å². The minimum absolute atomic E-state index is 0.390. The van der Waals surface area contributed by atoms with E-state index in [4.69, 9.17) is 12.2 Å². The highest BCUT2D eigenvalue weighted by Crippen LogP contribution is 2.22. The molecule has 0 aromatic carbocycles.